The summed E-state index contributed by atoms with van der Waals surface area (Å²) in [6.07, 6.45) is 2.73. The molecule has 112 valence electrons. The van der Waals surface area contributed by atoms with E-state index in [4.69, 9.17) is 0 Å². The molecule has 5 nitrogen and oxygen atoms in total. The molecule has 0 fully saturated rings. The molecule has 0 aliphatic carbocycles. The molecule has 3 rings (SSSR count). The van der Waals surface area contributed by atoms with Gasteiger partial charge in [0.05, 0.1) is 5.56 Å². The normalized spacial score (nSPS) is 11.6. The van der Waals surface area contributed by atoms with Gasteiger partial charge in [-0.3, -0.25) is 4.57 Å². The summed E-state index contributed by atoms with van der Waals surface area (Å²) < 4.78 is 39.1. The Morgan fingerprint density at radius 1 is 1.05 bits per heavy atom. The Bertz CT molecular complexity index is 756. The molecular formula is C13H8F3N5S. The zero-order valence-corrected chi connectivity index (χ0v) is 11.7. The van der Waals surface area contributed by atoms with Crippen molar-refractivity contribution in [3.8, 4) is 5.82 Å². The Hall–Kier alpha value is -2.42. The van der Waals surface area contributed by atoms with E-state index in [0.29, 0.717) is 15.9 Å². The second kappa shape index (κ2) is 5.76. The molecule has 0 radical (unpaired) electrons. The number of imidazole rings is 1. The van der Waals surface area contributed by atoms with E-state index in [1.54, 1.807) is 29.4 Å². The number of halogens is 3. The molecule has 3 aromatic rings. The highest BCUT2D eigenvalue weighted by molar-refractivity contribution is 7.99. The number of nitrogens with zero attached hydrogens (tertiary/aromatic N) is 5. The minimum Gasteiger partial charge on any atom is -0.290 e. The standard InChI is InChI=1S/C13H8F3N5S/c14-13(15,16)9-1-2-11(18-6-9)22-12-5-10(19-7-20-12)21-4-3-17-8-21/h1-8H. The third-order valence-corrected chi connectivity index (χ3v) is 3.55. The van der Waals surface area contributed by atoms with Crippen molar-refractivity contribution in [2.75, 3.05) is 0 Å². The van der Waals surface area contributed by atoms with Crippen molar-refractivity contribution in [3.05, 3.63) is 55.0 Å². The fourth-order valence-corrected chi connectivity index (χ4v) is 2.36. The largest absolute Gasteiger partial charge is 0.417 e. The molecule has 3 aromatic heterocycles. The van der Waals surface area contributed by atoms with Crippen LogP contribution in [0.5, 0.6) is 0 Å². The van der Waals surface area contributed by atoms with Crippen molar-refractivity contribution in [1.29, 1.82) is 0 Å². The molecule has 0 amide bonds. The lowest BCUT2D eigenvalue weighted by Gasteiger charge is -2.07. The molecule has 0 aliphatic rings. The van der Waals surface area contributed by atoms with Crippen LogP contribution >= 0.6 is 11.8 Å². The van der Waals surface area contributed by atoms with E-state index in [-0.39, 0.29) is 0 Å². The maximum Gasteiger partial charge on any atom is 0.417 e. The van der Waals surface area contributed by atoms with Gasteiger partial charge in [0.15, 0.2) is 0 Å². The number of rotatable bonds is 3. The maximum absolute atomic E-state index is 12.5. The Kier molecular flexibility index (Phi) is 3.80. The second-order valence-electron chi connectivity index (χ2n) is 4.17. The highest BCUT2D eigenvalue weighted by Crippen LogP contribution is 2.31. The van der Waals surface area contributed by atoms with Crippen LogP contribution in [0.4, 0.5) is 13.2 Å². The molecule has 0 aromatic carbocycles. The van der Waals surface area contributed by atoms with E-state index in [1.807, 2.05) is 0 Å². The smallest absolute Gasteiger partial charge is 0.290 e. The Morgan fingerprint density at radius 3 is 2.55 bits per heavy atom. The summed E-state index contributed by atoms with van der Waals surface area (Å²) in [6.45, 7) is 0. The topological polar surface area (TPSA) is 56.5 Å². The summed E-state index contributed by atoms with van der Waals surface area (Å²) in [5.41, 5.74) is -0.779. The van der Waals surface area contributed by atoms with E-state index in [2.05, 4.69) is 19.9 Å². The summed E-state index contributed by atoms with van der Waals surface area (Å²) in [5, 5.41) is 0.995. The number of alkyl halides is 3. The van der Waals surface area contributed by atoms with E-state index in [9.17, 15) is 13.2 Å². The van der Waals surface area contributed by atoms with Gasteiger partial charge in [0.25, 0.3) is 0 Å². The first kappa shape index (κ1) is 14.5. The van der Waals surface area contributed by atoms with Crippen molar-refractivity contribution < 1.29 is 13.2 Å². The minimum absolute atomic E-state index is 0.420. The minimum atomic E-state index is -4.39. The van der Waals surface area contributed by atoms with Crippen LogP contribution in [0.1, 0.15) is 5.56 Å². The summed E-state index contributed by atoms with van der Waals surface area (Å²) in [5.74, 6) is 0.613. The second-order valence-corrected chi connectivity index (χ2v) is 5.21. The van der Waals surface area contributed by atoms with Crippen LogP contribution in [-0.4, -0.2) is 24.5 Å². The number of hydrogen-bond donors (Lipinski definition) is 0. The van der Waals surface area contributed by atoms with Crippen LogP contribution in [0.15, 0.2) is 59.5 Å². The van der Waals surface area contributed by atoms with E-state index in [0.717, 1.165) is 24.0 Å². The molecular weight excluding hydrogens is 315 g/mol. The van der Waals surface area contributed by atoms with Crippen LogP contribution in [0.2, 0.25) is 0 Å². The van der Waals surface area contributed by atoms with Gasteiger partial charge in [-0.15, -0.1) is 0 Å². The van der Waals surface area contributed by atoms with Crippen LogP contribution in [0.25, 0.3) is 5.82 Å². The summed E-state index contributed by atoms with van der Waals surface area (Å²) >= 11 is 1.16. The van der Waals surface area contributed by atoms with Crippen molar-refractivity contribution in [2.24, 2.45) is 0 Å². The van der Waals surface area contributed by atoms with Gasteiger partial charge in [0.2, 0.25) is 0 Å². The number of pyridine rings is 1. The van der Waals surface area contributed by atoms with Crippen LogP contribution in [0, 0.1) is 0 Å². The molecule has 0 saturated heterocycles. The first-order valence-corrected chi connectivity index (χ1v) is 6.85. The lowest BCUT2D eigenvalue weighted by atomic mass is 10.3. The predicted octanol–water partition coefficient (Wildman–Crippen LogP) is 3.23. The third kappa shape index (κ3) is 3.25. The number of aromatic nitrogens is 5. The molecule has 0 atom stereocenters. The molecule has 0 bridgehead atoms. The van der Waals surface area contributed by atoms with Crippen molar-refractivity contribution in [1.82, 2.24) is 24.5 Å². The van der Waals surface area contributed by atoms with Crippen molar-refractivity contribution in [3.63, 3.8) is 0 Å². The zero-order valence-electron chi connectivity index (χ0n) is 10.9. The summed E-state index contributed by atoms with van der Waals surface area (Å²) in [6, 6.07) is 4.01. The highest BCUT2D eigenvalue weighted by Gasteiger charge is 2.30. The average molecular weight is 323 g/mol. The monoisotopic (exact) mass is 323 g/mol. The summed E-state index contributed by atoms with van der Waals surface area (Å²) in [7, 11) is 0. The Labute approximate surface area is 127 Å². The fraction of sp³-hybridized carbons (Fsp3) is 0.0769. The highest BCUT2D eigenvalue weighted by atomic mass is 32.2. The Balaban J connectivity index is 1.80. The maximum atomic E-state index is 12.5. The molecule has 22 heavy (non-hydrogen) atoms. The zero-order chi connectivity index (χ0) is 15.6. The predicted molar refractivity (Wildman–Crippen MR) is 72.5 cm³/mol. The van der Waals surface area contributed by atoms with E-state index in [1.165, 1.54) is 12.4 Å². The van der Waals surface area contributed by atoms with Gasteiger partial charge in [-0.2, -0.15) is 13.2 Å². The van der Waals surface area contributed by atoms with Crippen molar-refractivity contribution in [2.45, 2.75) is 16.2 Å². The molecule has 0 saturated carbocycles. The lowest BCUT2D eigenvalue weighted by molar-refractivity contribution is -0.137. The van der Waals surface area contributed by atoms with Crippen LogP contribution in [0.3, 0.4) is 0 Å². The van der Waals surface area contributed by atoms with Gasteiger partial charge in [-0.25, -0.2) is 19.9 Å². The van der Waals surface area contributed by atoms with E-state index < -0.39 is 11.7 Å². The third-order valence-electron chi connectivity index (χ3n) is 2.67. The van der Waals surface area contributed by atoms with Gasteiger partial charge in [-0.1, -0.05) is 0 Å². The molecule has 0 aliphatic heterocycles. The summed E-state index contributed by atoms with van der Waals surface area (Å²) in [4.78, 5) is 15.9. The van der Waals surface area contributed by atoms with Crippen LogP contribution < -0.4 is 0 Å². The lowest BCUT2D eigenvalue weighted by Crippen LogP contribution is -2.05. The van der Waals surface area contributed by atoms with E-state index >= 15 is 0 Å². The fourth-order valence-electron chi connectivity index (χ4n) is 1.64. The van der Waals surface area contributed by atoms with Gasteiger partial charge < -0.3 is 0 Å². The SMILES string of the molecule is FC(F)(F)c1ccc(Sc2cc(-n3ccnc3)ncn2)nc1. The molecule has 3 heterocycles. The quantitative estimate of drug-likeness (QED) is 0.693. The molecule has 0 N–H and O–H groups in total. The van der Waals surface area contributed by atoms with Gasteiger partial charge in [0, 0.05) is 24.7 Å². The van der Waals surface area contributed by atoms with Gasteiger partial charge >= 0.3 is 6.18 Å². The van der Waals surface area contributed by atoms with Gasteiger partial charge in [-0.05, 0) is 23.9 Å². The Morgan fingerprint density at radius 2 is 1.91 bits per heavy atom. The molecule has 0 unspecified atom stereocenters. The van der Waals surface area contributed by atoms with Gasteiger partial charge in [0.1, 0.15) is 28.5 Å². The molecule has 0 spiro atoms. The first-order chi connectivity index (χ1) is 10.5. The number of hydrogen-bond acceptors (Lipinski definition) is 5. The average Bonchev–Trinajstić information content (AvgIpc) is 3.01. The first-order valence-electron chi connectivity index (χ1n) is 6.04. The molecule has 9 heteroatoms. The van der Waals surface area contributed by atoms with Crippen LogP contribution in [-0.2, 0) is 6.18 Å². The van der Waals surface area contributed by atoms with Crippen molar-refractivity contribution >= 4 is 11.8 Å².